The molecule has 0 heterocycles. The average molecular weight is 489 g/mol. The van der Waals surface area contributed by atoms with Gasteiger partial charge in [0.15, 0.2) is 0 Å². The maximum absolute atomic E-state index is 13.8. The fourth-order valence-corrected chi connectivity index (χ4v) is 9.04. The molecule has 4 aliphatic rings. The van der Waals surface area contributed by atoms with E-state index in [0.717, 1.165) is 25.7 Å². The summed E-state index contributed by atoms with van der Waals surface area (Å²) in [6.07, 6.45) is 6.86. The predicted molar refractivity (Wildman–Crippen MR) is 138 cm³/mol. The number of Topliss-reactive ketones (excluding diaryl/α,β-unsaturated/α-hetero) is 1. The van der Waals surface area contributed by atoms with Gasteiger partial charge in [-0.2, -0.15) is 0 Å². The van der Waals surface area contributed by atoms with Gasteiger partial charge in [0.05, 0.1) is 12.7 Å². The molecule has 10 atom stereocenters. The van der Waals surface area contributed by atoms with Crippen molar-refractivity contribution in [2.24, 2.45) is 39.9 Å². The summed E-state index contributed by atoms with van der Waals surface area (Å²) >= 11 is 0. The number of nitrogens with one attached hydrogen (secondary N) is 1. The number of aliphatic hydroxyl groups is 2. The minimum Gasteiger partial charge on any atom is -0.396 e. The Morgan fingerprint density at radius 2 is 1.91 bits per heavy atom. The molecule has 0 aromatic carbocycles. The molecule has 6 nitrogen and oxygen atoms in total. The number of fused-ring (bicyclic) bond motifs is 4. The molecule has 6 heteroatoms. The first-order valence-corrected chi connectivity index (χ1v) is 13.8. The summed E-state index contributed by atoms with van der Waals surface area (Å²) in [4.78, 5) is 28.3. The molecule has 35 heavy (non-hydrogen) atoms. The van der Waals surface area contributed by atoms with Crippen LogP contribution >= 0.6 is 0 Å². The number of hydrogen-bond donors (Lipinski definition) is 3. The Morgan fingerprint density at radius 1 is 1.23 bits per heavy atom. The van der Waals surface area contributed by atoms with Gasteiger partial charge in [-0.3, -0.25) is 9.59 Å². The van der Waals surface area contributed by atoms with Crippen molar-refractivity contribution < 1.29 is 19.8 Å². The summed E-state index contributed by atoms with van der Waals surface area (Å²) in [6.45, 7) is 10.8. The van der Waals surface area contributed by atoms with E-state index in [-0.39, 0.29) is 59.1 Å². The number of carbonyl (C=O) groups excluding carboxylic acids is 2. The standard InChI is InChI=1S/C29H48N2O4/c1-8-25(35)30-24-12-9-18-13-19-21(11-10-20(18)27(24,3)16-32)28(4)15-23(34)26(17(2)31(6)7)29(28,5)14-22(19)33/h9,17,19-21,23-24,26,32,34H,8,10-16H2,1-7H3,(H,30,35)/t17-,19+,20+,21+,23+,24-,26-,27-,28-,29+/m0/s1. The molecule has 0 aromatic rings. The van der Waals surface area contributed by atoms with Gasteiger partial charge >= 0.3 is 0 Å². The highest BCUT2D eigenvalue weighted by atomic mass is 16.3. The number of amides is 1. The van der Waals surface area contributed by atoms with Crippen LogP contribution in [0.1, 0.15) is 79.6 Å². The number of aliphatic hydroxyl groups excluding tert-OH is 2. The first-order chi connectivity index (χ1) is 16.3. The molecule has 1 amide bonds. The lowest BCUT2D eigenvalue weighted by molar-refractivity contribution is -0.147. The van der Waals surface area contributed by atoms with Crippen LogP contribution in [0.5, 0.6) is 0 Å². The quantitative estimate of drug-likeness (QED) is 0.515. The molecule has 0 aliphatic heterocycles. The number of carbonyl (C=O) groups is 2. The molecule has 4 aliphatic carbocycles. The Hall–Kier alpha value is -1.24. The summed E-state index contributed by atoms with van der Waals surface area (Å²) in [5.74, 6) is 0.797. The second-order valence-corrected chi connectivity index (χ2v) is 13.2. The fraction of sp³-hybridized carbons (Fsp3) is 0.862. The van der Waals surface area contributed by atoms with Crippen LogP contribution in [0.3, 0.4) is 0 Å². The Kier molecular flexibility index (Phi) is 7.09. The summed E-state index contributed by atoms with van der Waals surface area (Å²) in [7, 11) is 4.13. The second kappa shape index (κ2) is 9.25. The third kappa shape index (κ3) is 3.93. The Labute approximate surface area is 211 Å². The molecular weight excluding hydrogens is 440 g/mol. The predicted octanol–water partition coefficient (Wildman–Crippen LogP) is 3.56. The van der Waals surface area contributed by atoms with Crippen LogP contribution in [-0.4, -0.2) is 65.7 Å². The number of ketones is 1. The topological polar surface area (TPSA) is 89.9 Å². The van der Waals surface area contributed by atoms with Crippen LogP contribution in [0, 0.1) is 39.9 Å². The molecule has 4 rings (SSSR count). The second-order valence-electron chi connectivity index (χ2n) is 13.2. The molecule has 0 radical (unpaired) electrons. The maximum atomic E-state index is 13.8. The lowest BCUT2D eigenvalue weighted by atomic mass is 9.48. The molecule has 0 saturated heterocycles. The minimum atomic E-state index is -0.438. The lowest BCUT2D eigenvalue weighted by Gasteiger charge is -2.56. The number of allylic oxidation sites excluding steroid dienone is 1. The van der Waals surface area contributed by atoms with Gasteiger partial charge in [-0.1, -0.05) is 39.3 Å². The van der Waals surface area contributed by atoms with Gasteiger partial charge in [-0.05, 0) is 75.8 Å². The fourth-order valence-electron chi connectivity index (χ4n) is 9.04. The van der Waals surface area contributed by atoms with Crippen molar-refractivity contribution in [3.8, 4) is 0 Å². The molecule has 3 fully saturated rings. The Balaban J connectivity index is 1.69. The minimum absolute atomic E-state index is 0.0169. The highest BCUT2D eigenvalue weighted by Gasteiger charge is 2.67. The van der Waals surface area contributed by atoms with Crippen LogP contribution in [0.25, 0.3) is 0 Å². The number of nitrogens with zero attached hydrogens (tertiary/aromatic N) is 1. The van der Waals surface area contributed by atoms with Crippen molar-refractivity contribution in [2.45, 2.75) is 97.8 Å². The van der Waals surface area contributed by atoms with Gasteiger partial charge in [0, 0.05) is 42.2 Å². The number of rotatable bonds is 5. The van der Waals surface area contributed by atoms with Crippen molar-refractivity contribution in [1.82, 2.24) is 10.2 Å². The molecule has 0 spiro atoms. The van der Waals surface area contributed by atoms with E-state index >= 15 is 0 Å². The van der Waals surface area contributed by atoms with E-state index in [9.17, 15) is 19.8 Å². The van der Waals surface area contributed by atoms with Crippen molar-refractivity contribution in [3.63, 3.8) is 0 Å². The van der Waals surface area contributed by atoms with E-state index in [1.165, 1.54) is 5.57 Å². The summed E-state index contributed by atoms with van der Waals surface area (Å²) < 4.78 is 0. The van der Waals surface area contributed by atoms with Crippen molar-refractivity contribution in [1.29, 1.82) is 0 Å². The third-order valence-corrected chi connectivity index (χ3v) is 11.6. The van der Waals surface area contributed by atoms with E-state index < -0.39 is 11.5 Å². The Morgan fingerprint density at radius 3 is 2.51 bits per heavy atom. The van der Waals surface area contributed by atoms with Crippen molar-refractivity contribution in [3.05, 3.63) is 11.6 Å². The van der Waals surface area contributed by atoms with Crippen LogP contribution in [-0.2, 0) is 9.59 Å². The zero-order chi connectivity index (χ0) is 25.9. The molecule has 0 bridgehead atoms. The lowest BCUT2D eigenvalue weighted by Crippen LogP contribution is -2.55. The molecule has 3 N–H and O–H groups in total. The summed E-state index contributed by atoms with van der Waals surface area (Å²) in [5, 5.41) is 25.1. The summed E-state index contributed by atoms with van der Waals surface area (Å²) in [6, 6.07) is 0.0989. The van der Waals surface area contributed by atoms with Gasteiger partial charge < -0.3 is 20.4 Å². The molecule has 0 unspecified atom stereocenters. The van der Waals surface area contributed by atoms with Gasteiger partial charge in [0.1, 0.15) is 5.78 Å². The molecule has 0 aromatic heterocycles. The summed E-state index contributed by atoms with van der Waals surface area (Å²) in [5.41, 5.74) is 0.510. The third-order valence-electron chi connectivity index (χ3n) is 11.6. The van der Waals surface area contributed by atoms with Crippen LogP contribution < -0.4 is 5.32 Å². The average Bonchev–Trinajstić information content (AvgIpc) is 2.93. The zero-order valence-corrected chi connectivity index (χ0v) is 22.9. The molecular formula is C29H48N2O4. The van der Waals surface area contributed by atoms with Crippen LogP contribution in [0.2, 0.25) is 0 Å². The van der Waals surface area contributed by atoms with Crippen LogP contribution in [0.4, 0.5) is 0 Å². The SMILES string of the molecule is CCC(=O)N[C@H]1CC=C2C[C@H]3C(=O)C[C@]4(C)[C@@H]([C@H](C)N(C)C)[C@H](O)C[C@@]4(C)[C@@H]3CC[C@H]2[C@]1(C)CO. The highest BCUT2D eigenvalue weighted by molar-refractivity contribution is 5.84. The van der Waals surface area contributed by atoms with Gasteiger partial charge in [0.2, 0.25) is 5.91 Å². The van der Waals surface area contributed by atoms with E-state index in [0.29, 0.717) is 25.0 Å². The highest BCUT2D eigenvalue weighted by Crippen LogP contribution is 2.69. The van der Waals surface area contributed by atoms with Gasteiger partial charge in [0.25, 0.3) is 0 Å². The van der Waals surface area contributed by atoms with E-state index in [1.807, 2.05) is 6.92 Å². The molecule has 3 saturated carbocycles. The normalized spacial score (nSPS) is 46.2. The van der Waals surface area contributed by atoms with Crippen molar-refractivity contribution >= 4 is 11.7 Å². The van der Waals surface area contributed by atoms with Crippen LogP contribution in [0.15, 0.2) is 11.6 Å². The largest absolute Gasteiger partial charge is 0.396 e. The van der Waals surface area contributed by atoms with E-state index in [4.69, 9.17) is 0 Å². The first-order valence-electron chi connectivity index (χ1n) is 13.8. The number of hydrogen-bond acceptors (Lipinski definition) is 5. The maximum Gasteiger partial charge on any atom is 0.219 e. The molecule has 198 valence electrons. The smallest absolute Gasteiger partial charge is 0.219 e. The van der Waals surface area contributed by atoms with E-state index in [1.54, 1.807) is 0 Å². The Bertz CT molecular complexity index is 886. The first kappa shape index (κ1) is 26.8. The van der Waals surface area contributed by atoms with Gasteiger partial charge in [-0.25, -0.2) is 0 Å². The van der Waals surface area contributed by atoms with E-state index in [2.05, 4.69) is 58.1 Å². The van der Waals surface area contributed by atoms with Crippen molar-refractivity contribution in [2.75, 3.05) is 20.7 Å². The zero-order valence-electron chi connectivity index (χ0n) is 22.9. The monoisotopic (exact) mass is 488 g/mol. The van der Waals surface area contributed by atoms with Gasteiger partial charge in [-0.15, -0.1) is 0 Å².